The highest BCUT2D eigenvalue weighted by Crippen LogP contribution is 2.58. The van der Waals surface area contributed by atoms with E-state index in [-0.39, 0.29) is 5.25 Å². The number of hydrogen-bond donors (Lipinski definition) is 0. The van der Waals surface area contributed by atoms with Gasteiger partial charge < -0.3 is 9.47 Å². The number of ether oxygens (including phenoxy) is 2. The fraction of sp³-hybridized carbons (Fsp3) is 0.222. The Kier molecular flexibility index (Phi) is 3.74. The third-order valence-electron chi connectivity index (χ3n) is 3.95. The van der Waals surface area contributed by atoms with Crippen molar-refractivity contribution in [3.63, 3.8) is 0 Å². The minimum absolute atomic E-state index is 0.0484. The van der Waals surface area contributed by atoms with Crippen LogP contribution in [-0.4, -0.2) is 24.3 Å². The van der Waals surface area contributed by atoms with Crippen LogP contribution in [0.4, 0.5) is 0 Å². The number of thioether (sulfide) groups is 1. The van der Waals surface area contributed by atoms with Crippen molar-refractivity contribution in [3.8, 4) is 0 Å². The van der Waals surface area contributed by atoms with E-state index in [0.717, 1.165) is 11.1 Å². The molecule has 22 heavy (non-hydrogen) atoms. The first-order chi connectivity index (χ1) is 10.8. The first-order valence-electron chi connectivity index (χ1n) is 7.26. The topological polar surface area (TPSA) is 18.5 Å². The van der Waals surface area contributed by atoms with Crippen molar-refractivity contribution in [1.82, 2.24) is 0 Å². The average molecular weight is 331 g/mol. The fourth-order valence-corrected chi connectivity index (χ4v) is 4.84. The maximum Gasteiger partial charge on any atom is 0.223 e. The molecule has 1 fully saturated rings. The van der Waals surface area contributed by atoms with Crippen LogP contribution >= 0.6 is 23.4 Å². The van der Waals surface area contributed by atoms with Crippen LogP contribution in [0.2, 0.25) is 0 Å². The number of rotatable bonds is 3. The van der Waals surface area contributed by atoms with Gasteiger partial charge in [0, 0.05) is 4.90 Å². The molecule has 112 valence electrons. The molecule has 0 aromatic heterocycles. The van der Waals surface area contributed by atoms with Gasteiger partial charge in [0.25, 0.3) is 0 Å². The highest BCUT2D eigenvalue weighted by Gasteiger charge is 2.59. The maximum absolute atomic E-state index is 6.59. The highest BCUT2D eigenvalue weighted by atomic mass is 35.5. The Morgan fingerprint density at radius 3 is 2.14 bits per heavy atom. The summed E-state index contributed by atoms with van der Waals surface area (Å²) in [4.78, 5) is 1.18. The van der Waals surface area contributed by atoms with Crippen molar-refractivity contribution in [2.24, 2.45) is 0 Å². The minimum atomic E-state index is -0.771. The summed E-state index contributed by atoms with van der Waals surface area (Å²) < 4.78 is 11.8. The number of halogens is 1. The lowest BCUT2D eigenvalue weighted by atomic mass is 9.85. The van der Waals surface area contributed by atoms with Gasteiger partial charge in [-0.3, -0.25) is 0 Å². The number of hydrogen-bond acceptors (Lipinski definition) is 3. The monoisotopic (exact) mass is 330 g/mol. The molecule has 1 heterocycles. The summed E-state index contributed by atoms with van der Waals surface area (Å²) in [5.74, 6) is -0.771. The van der Waals surface area contributed by atoms with Gasteiger partial charge in [-0.25, -0.2) is 0 Å². The van der Waals surface area contributed by atoms with Crippen molar-refractivity contribution in [3.05, 3.63) is 71.3 Å². The minimum Gasteiger partial charge on any atom is -0.342 e. The Hall–Kier alpha value is -1.26. The van der Waals surface area contributed by atoms with Crippen LogP contribution in [0.5, 0.6) is 0 Å². The lowest BCUT2D eigenvalue weighted by Gasteiger charge is -2.45. The van der Waals surface area contributed by atoms with Crippen LogP contribution in [0.3, 0.4) is 0 Å². The molecule has 4 heteroatoms. The molecule has 2 nitrogen and oxygen atoms in total. The molecule has 0 radical (unpaired) electrons. The summed E-state index contributed by atoms with van der Waals surface area (Å²) in [6, 6.07) is 20.5. The standard InChI is InChI=1S/C18H15ClO2S/c19-16-15(13-7-3-1-4-8-13)17(18(16)20-11-12-21-18)22-14-9-5-2-6-10-14/h1-10,17H,11-12H2. The van der Waals surface area contributed by atoms with Gasteiger partial charge in [-0.1, -0.05) is 60.1 Å². The summed E-state index contributed by atoms with van der Waals surface area (Å²) >= 11 is 8.33. The molecule has 1 atom stereocenters. The van der Waals surface area contributed by atoms with E-state index in [1.54, 1.807) is 11.8 Å². The van der Waals surface area contributed by atoms with E-state index < -0.39 is 5.79 Å². The van der Waals surface area contributed by atoms with Gasteiger partial charge in [-0.15, -0.1) is 11.8 Å². The summed E-state index contributed by atoms with van der Waals surface area (Å²) in [5.41, 5.74) is 2.24. The molecule has 4 rings (SSSR count). The van der Waals surface area contributed by atoms with Crippen LogP contribution in [0, 0.1) is 0 Å². The largest absolute Gasteiger partial charge is 0.342 e. The first-order valence-corrected chi connectivity index (χ1v) is 8.52. The zero-order valence-electron chi connectivity index (χ0n) is 11.9. The lowest BCUT2D eigenvalue weighted by Crippen LogP contribution is -2.51. The smallest absolute Gasteiger partial charge is 0.223 e. The first kappa shape index (κ1) is 14.3. The van der Waals surface area contributed by atoms with E-state index in [1.165, 1.54) is 4.90 Å². The quantitative estimate of drug-likeness (QED) is 0.822. The van der Waals surface area contributed by atoms with Crippen molar-refractivity contribution in [2.75, 3.05) is 13.2 Å². The Morgan fingerprint density at radius 2 is 1.50 bits per heavy atom. The normalized spacial score (nSPS) is 22.9. The van der Waals surface area contributed by atoms with E-state index in [9.17, 15) is 0 Å². The van der Waals surface area contributed by atoms with E-state index >= 15 is 0 Å². The molecule has 2 aliphatic rings. The molecule has 1 spiro atoms. The second kappa shape index (κ2) is 5.74. The van der Waals surface area contributed by atoms with Gasteiger partial charge in [-0.05, 0) is 23.3 Å². The van der Waals surface area contributed by atoms with E-state index in [1.807, 2.05) is 36.4 Å². The van der Waals surface area contributed by atoms with Gasteiger partial charge in [0.05, 0.1) is 23.5 Å². The third kappa shape index (κ3) is 2.20. The summed E-state index contributed by atoms with van der Waals surface area (Å²) in [7, 11) is 0. The zero-order valence-corrected chi connectivity index (χ0v) is 13.4. The Labute approximate surface area is 139 Å². The van der Waals surface area contributed by atoms with Crippen LogP contribution < -0.4 is 0 Å². The molecule has 1 aliphatic carbocycles. The third-order valence-corrected chi connectivity index (χ3v) is 5.74. The van der Waals surface area contributed by atoms with E-state index in [2.05, 4.69) is 24.3 Å². The lowest BCUT2D eigenvalue weighted by molar-refractivity contribution is -0.121. The molecule has 1 saturated heterocycles. The molecule has 2 aromatic rings. The van der Waals surface area contributed by atoms with Crippen LogP contribution in [-0.2, 0) is 9.47 Å². The maximum atomic E-state index is 6.59. The Bertz CT molecular complexity index is 694. The second-order valence-electron chi connectivity index (χ2n) is 5.27. The van der Waals surface area contributed by atoms with Crippen molar-refractivity contribution in [1.29, 1.82) is 0 Å². The fourth-order valence-electron chi connectivity index (χ4n) is 2.90. The SMILES string of the molecule is ClC1=C(c2ccccc2)C(Sc2ccccc2)C12OCCO2. The summed E-state index contributed by atoms with van der Waals surface area (Å²) in [5, 5.41) is 0.733. The van der Waals surface area contributed by atoms with Crippen molar-refractivity contribution < 1.29 is 9.47 Å². The highest BCUT2D eigenvalue weighted by molar-refractivity contribution is 8.00. The molecule has 0 amide bonds. The van der Waals surface area contributed by atoms with Gasteiger partial charge in [0.2, 0.25) is 5.79 Å². The van der Waals surface area contributed by atoms with Gasteiger partial charge in [0.1, 0.15) is 0 Å². The van der Waals surface area contributed by atoms with Gasteiger partial charge in [0.15, 0.2) is 0 Å². The molecule has 2 aromatic carbocycles. The van der Waals surface area contributed by atoms with Crippen LogP contribution in [0.25, 0.3) is 5.57 Å². The van der Waals surface area contributed by atoms with E-state index in [0.29, 0.717) is 18.2 Å². The average Bonchev–Trinajstić information content (AvgIpc) is 3.09. The van der Waals surface area contributed by atoms with Crippen molar-refractivity contribution >= 4 is 28.9 Å². The number of benzene rings is 2. The molecular weight excluding hydrogens is 316 g/mol. The zero-order chi connectivity index (χ0) is 15.0. The Balaban J connectivity index is 1.73. The molecule has 0 N–H and O–H groups in total. The molecule has 1 unspecified atom stereocenters. The van der Waals surface area contributed by atoms with Crippen molar-refractivity contribution in [2.45, 2.75) is 15.9 Å². The Morgan fingerprint density at radius 1 is 0.909 bits per heavy atom. The predicted octanol–water partition coefficient (Wildman–Crippen LogP) is 4.55. The molecule has 0 bridgehead atoms. The second-order valence-corrected chi connectivity index (χ2v) is 6.83. The molecule has 1 aliphatic heterocycles. The van der Waals surface area contributed by atoms with Gasteiger partial charge >= 0.3 is 0 Å². The van der Waals surface area contributed by atoms with E-state index in [4.69, 9.17) is 21.1 Å². The summed E-state index contributed by atoms with van der Waals surface area (Å²) in [6.07, 6.45) is 0. The summed E-state index contributed by atoms with van der Waals surface area (Å²) in [6.45, 7) is 1.17. The van der Waals surface area contributed by atoms with Gasteiger partial charge in [-0.2, -0.15) is 0 Å². The predicted molar refractivity (Wildman–Crippen MR) is 89.9 cm³/mol. The van der Waals surface area contributed by atoms with Crippen LogP contribution in [0.15, 0.2) is 70.6 Å². The molecular formula is C18H15ClO2S. The van der Waals surface area contributed by atoms with Crippen LogP contribution in [0.1, 0.15) is 5.56 Å². The molecule has 0 saturated carbocycles.